The van der Waals surface area contributed by atoms with Gasteiger partial charge in [0.25, 0.3) is 0 Å². The predicted octanol–water partition coefficient (Wildman–Crippen LogP) is 4.76. The molecule has 0 atom stereocenters. The number of hydrogen-bond acceptors (Lipinski definition) is 1. The second-order valence-electron chi connectivity index (χ2n) is 2.90. The van der Waals surface area contributed by atoms with Crippen LogP contribution in [0.3, 0.4) is 0 Å². The first-order valence-electron chi connectivity index (χ1n) is 3.96. The third-order valence-corrected chi connectivity index (χ3v) is 4.44. The van der Waals surface area contributed by atoms with Crippen LogP contribution >= 0.6 is 38.9 Å². The van der Waals surface area contributed by atoms with Crippen molar-refractivity contribution in [3.63, 3.8) is 0 Å². The number of hydrogen-bond donors (Lipinski definition) is 0. The lowest BCUT2D eigenvalue weighted by Crippen LogP contribution is -1.75. The van der Waals surface area contributed by atoms with Crippen LogP contribution in [0.25, 0.3) is 10.1 Å². The molecule has 0 spiro atoms. The summed E-state index contributed by atoms with van der Waals surface area (Å²) >= 11 is 11.4. The van der Waals surface area contributed by atoms with E-state index in [2.05, 4.69) is 41.1 Å². The van der Waals surface area contributed by atoms with Crippen LogP contribution in [0, 0.1) is 6.92 Å². The molecule has 3 heteroatoms. The maximum absolute atomic E-state index is 6.17. The van der Waals surface area contributed by atoms with Crippen LogP contribution < -0.4 is 0 Å². The summed E-state index contributed by atoms with van der Waals surface area (Å²) in [4.78, 5) is 1.20. The average Bonchev–Trinajstić information content (AvgIpc) is 2.43. The molecule has 0 saturated heterocycles. The van der Waals surface area contributed by atoms with Crippen molar-refractivity contribution in [3.05, 3.63) is 33.7 Å². The maximum Gasteiger partial charge on any atom is 0.0621 e. The molecule has 0 nitrogen and oxygen atoms in total. The zero-order valence-electron chi connectivity index (χ0n) is 7.10. The number of aryl methyl sites for hydroxylation is 1. The number of rotatable bonds is 1. The molecule has 0 aliphatic carbocycles. The van der Waals surface area contributed by atoms with Gasteiger partial charge in [-0.25, -0.2) is 0 Å². The van der Waals surface area contributed by atoms with Gasteiger partial charge in [-0.2, -0.15) is 0 Å². The van der Waals surface area contributed by atoms with Crippen molar-refractivity contribution in [3.8, 4) is 0 Å². The van der Waals surface area contributed by atoms with E-state index >= 15 is 0 Å². The molecular weight excluding hydrogens is 268 g/mol. The number of fused-ring (bicyclic) bond motifs is 1. The molecule has 0 fully saturated rings. The molecule has 0 unspecified atom stereocenters. The van der Waals surface area contributed by atoms with E-state index in [1.165, 1.54) is 20.5 Å². The van der Waals surface area contributed by atoms with Gasteiger partial charge in [-0.05, 0) is 12.5 Å². The Morgan fingerprint density at radius 3 is 2.92 bits per heavy atom. The third kappa shape index (κ3) is 1.51. The van der Waals surface area contributed by atoms with Gasteiger partial charge in [0.05, 0.1) is 5.02 Å². The third-order valence-electron chi connectivity index (χ3n) is 2.04. The number of halogens is 2. The van der Waals surface area contributed by atoms with Crippen molar-refractivity contribution in [2.75, 3.05) is 0 Å². The Labute approximate surface area is 94.7 Å². The molecule has 0 aliphatic rings. The van der Waals surface area contributed by atoms with Gasteiger partial charge in [0.15, 0.2) is 0 Å². The van der Waals surface area contributed by atoms with E-state index < -0.39 is 0 Å². The molecule has 0 saturated carbocycles. The minimum Gasteiger partial charge on any atom is -0.139 e. The number of alkyl halides is 1. The molecule has 1 aromatic heterocycles. The van der Waals surface area contributed by atoms with Gasteiger partial charge in [0.1, 0.15) is 0 Å². The van der Waals surface area contributed by atoms with Gasteiger partial charge in [0.2, 0.25) is 0 Å². The van der Waals surface area contributed by atoms with Crippen LogP contribution in [0.5, 0.6) is 0 Å². The highest BCUT2D eigenvalue weighted by Gasteiger charge is 2.08. The monoisotopic (exact) mass is 274 g/mol. The van der Waals surface area contributed by atoms with Gasteiger partial charge >= 0.3 is 0 Å². The zero-order valence-corrected chi connectivity index (χ0v) is 10.3. The van der Waals surface area contributed by atoms with E-state index in [1.54, 1.807) is 11.3 Å². The van der Waals surface area contributed by atoms with Crippen LogP contribution in [-0.4, -0.2) is 0 Å². The molecule has 13 heavy (non-hydrogen) atoms. The standard InChI is InChI=1S/C10H8BrClS/c1-6-9(12)8-4-2-3-7(5-11)10(8)13-6/h2-4H,5H2,1H3. The minimum absolute atomic E-state index is 0.890. The van der Waals surface area contributed by atoms with Crippen molar-refractivity contribution in [1.82, 2.24) is 0 Å². The van der Waals surface area contributed by atoms with Crippen LogP contribution in [0.2, 0.25) is 5.02 Å². The van der Waals surface area contributed by atoms with E-state index in [9.17, 15) is 0 Å². The summed E-state index contributed by atoms with van der Waals surface area (Å²) in [7, 11) is 0. The van der Waals surface area contributed by atoms with Crippen LogP contribution in [0.4, 0.5) is 0 Å². The molecule has 0 amide bonds. The fourth-order valence-corrected chi connectivity index (χ4v) is 3.41. The summed E-state index contributed by atoms with van der Waals surface area (Å²) in [6.45, 7) is 2.06. The van der Waals surface area contributed by atoms with Crippen LogP contribution in [0.15, 0.2) is 18.2 Å². The topological polar surface area (TPSA) is 0 Å². The Morgan fingerprint density at radius 1 is 1.46 bits per heavy atom. The largest absolute Gasteiger partial charge is 0.139 e. The molecule has 2 rings (SSSR count). The van der Waals surface area contributed by atoms with Crippen molar-refractivity contribution in [2.24, 2.45) is 0 Å². The lowest BCUT2D eigenvalue weighted by Gasteiger charge is -1.96. The van der Waals surface area contributed by atoms with E-state index in [0.29, 0.717) is 0 Å². The van der Waals surface area contributed by atoms with Crippen molar-refractivity contribution in [1.29, 1.82) is 0 Å². The summed E-state index contributed by atoms with van der Waals surface area (Å²) in [5.74, 6) is 0. The summed E-state index contributed by atoms with van der Waals surface area (Å²) < 4.78 is 1.31. The smallest absolute Gasteiger partial charge is 0.0621 e. The second-order valence-corrected chi connectivity index (χ2v) is 5.06. The highest BCUT2D eigenvalue weighted by molar-refractivity contribution is 9.08. The molecule has 0 bridgehead atoms. The second kappa shape index (κ2) is 3.60. The fourth-order valence-electron chi connectivity index (χ4n) is 1.37. The van der Waals surface area contributed by atoms with Gasteiger partial charge < -0.3 is 0 Å². The van der Waals surface area contributed by atoms with Crippen molar-refractivity contribution in [2.45, 2.75) is 12.3 Å². The molecule has 0 aliphatic heterocycles. The normalized spacial score (nSPS) is 11.0. The van der Waals surface area contributed by atoms with Gasteiger partial charge in [-0.15, -0.1) is 11.3 Å². The first-order valence-corrected chi connectivity index (χ1v) is 6.28. The first-order chi connectivity index (χ1) is 6.24. The molecular formula is C10H8BrClS. The van der Waals surface area contributed by atoms with Crippen molar-refractivity contribution >= 4 is 49.0 Å². The molecule has 1 heterocycles. The summed E-state index contributed by atoms with van der Waals surface area (Å²) in [5, 5.41) is 2.98. The molecule has 2 aromatic rings. The van der Waals surface area contributed by atoms with E-state index in [1.807, 2.05) is 0 Å². The fraction of sp³-hybridized carbons (Fsp3) is 0.200. The highest BCUT2D eigenvalue weighted by Crippen LogP contribution is 2.37. The van der Waals surface area contributed by atoms with E-state index in [4.69, 9.17) is 11.6 Å². The molecule has 1 aromatic carbocycles. The predicted molar refractivity (Wildman–Crippen MR) is 64.2 cm³/mol. The molecule has 0 radical (unpaired) electrons. The number of thiophene rings is 1. The quantitative estimate of drug-likeness (QED) is 0.658. The maximum atomic E-state index is 6.17. The molecule has 0 N–H and O–H groups in total. The van der Waals surface area contributed by atoms with Crippen LogP contribution in [-0.2, 0) is 5.33 Å². The number of benzene rings is 1. The zero-order chi connectivity index (χ0) is 9.42. The first kappa shape index (κ1) is 9.50. The summed E-state index contributed by atoms with van der Waals surface area (Å²) in [5.41, 5.74) is 1.32. The van der Waals surface area contributed by atoms with Crippen LogP contribution in [0.1, 0.15) is 10.4 Å². The van der Waals surface area contributed by atoms with E-state index in [0.717, 1.165) is 10.4 Å². The van der Waals surface area contributed by atoms with E-state index in [-0.39, 0.29) is 0 Å². The Bertz CT molecular complexity index is 447. The minimum atomic E-state index is 0.890. The van der Waals surface area contributed by atoms with Gasteiger partial charge in [-0.3, -0.25) is 0 Å². The Morgan fingerprint density at radius 2 is 2.23 bits per heavy atom. The lowest BCUT2D eigenvalue weighted by atomic mass is 10.2. The molecule has 68 valence electrons. The van der Waals surface area contributed by atoms with Gasteiger partial charge in [0, 0.05) is 20.3 Å². The Hall–Kier alpha value is -0.0500. The van der Waals surface area contributed by atoms with Crippen molar-refractivity contribution < 1.29 is 0 Å². The summed E-state index contributed by atoms with van der Waals surface area (Å²) in [6, 6.07) is 6.26. The summed E-state index contributed by atoms with van der Waals surface area (Å²) in [6.07, 6.45) is 0. The Kier molecular flexibility index (Phi) is 2.63. The average molecular weight is 276 g/mol. The Balaban J connectivity index is 2.84. The highest BCUT2D eigenvalue weighted by atomic mass is 79.9. The lowest BCUT2D eigenvalue weighted by molar-refractivity contribution is 1.51. The van der Waals surface area contributed by atoms with Gasteiger partial charge in [-0.1, -0.05) is 45.7 Å². The SMILES string of the molecule is Cc1sc2c(CBr)cccc2c1Cl.